The number of nitrogens with one attached hydrogen (secondary N) is 1. The van der Waals surface area contributed by atoms with E-state index >= 15 is 0 Å². The molecule has 1 aliphatic heterocycles. The Bertz CT molecular complexity index is 282. The Morgan fingerprint density at radius 3 is 2.62 bits per heavy atom. The highest BCUT2D eigenvalue weighted by Gasteiger charge is 2.15. The lowest BCUT2D eigenvalue weighted by molar-refractivity contribution is -0.162. The summed E-state index contributed by atoms with van der Waals surface area (Å²) in [7, 11) is 0. The van der Waals surface area contributed by atoms with E-state index in [4.69, 9.17) is 14.2 Å². The van der Waals surface area contributed by atoms with E-state index < -0.39 is 5.60 Å². The fourth-order valence-corrected chi connectivity index (χ4v) is 2.14. The standard InChI is InChI=1S/C16H31NO4/c1-16(2,3)21-15(18)17-11-7-4-5-8-12-19-14-10-6-9-13-20-14/h14H,4-13H2,1-3H3,(H,17,18). The van der Waals surface area contributed by atoms with Gasteiger partial charge in [-0.15, -0.1) is 0 Å². The lowest BCUT2D eigenvalue weighted by Crippen LogP contribution is -2.32. The van der Waals surface area contributed by atoms with Crippen molar-refractivity contribution < 1.29 is 19.0 Å². The summed E-state index contributed by atoms with van der Waals surface area (Å²) in [5.41, 5.74) is -0.428. The first-order chi connectivity index (χ1) is 9.97. The van der Waals surface area contributed by atoms with Crippen LogP contribution < -0.4 is 5.32 Å². The molecule has 1 unspecified atom stereocenters. The molecule has 1 aliphatic rings. The zero-order valence-electron chi connectivity index (χ0n) is 13.8. The van der Waals surface area contributed by atoms with Gasteiger partial charge in [0.05, 0.1) is 0 Å². The minimum atomic E-state index is -0.428. The van der Waals surface area contributed by atoms with Crippen LogP contribution in [0.3, 0.4) is 0 Å². The van der Waals surface area contributed by atoms with Crippen LogP contribution in [-0.2, 0) is 14.2 Å². The van der Waals surface area contributed by atoms with Crippen LogP contribution >= 0.6 is 0 Å². The van der Waals surface area contributed by atoms with E-state index in [0.717, 1.165) is 51.7 Å². The minimum Gasteiger partial charge on any atom is -0.444 e. The topological polar surface area (TPSA) is 56.8 Å². The number of rotatable bonds is 8. The summed E-state index contributed by atoms with van der Waals surface area (Å²) in [6.45, 7) is 7.86. The summed E-state index contributed by atoms with van der Waals surface area (Å²) in [4.78, 5) is 11.4. The van der Waals surface area contributed by atoms with E-state index in [9.17, 15) is 4.79 Å². The average molecular weight is 301 g/mol. The van der Waals surface area contributed by atoms with Gasteiger partial charge in [0.1, 0.15) is 5.60 Å². The van der Waals surface area contributed by atoms with Gasteiger partial charge in [0.25, 0.3) is 0 Å². The van der Waals surface area contributed by atoms with E-state index in [1.54, 1.807) is 0 Å². The van der Waals surface area contributed by atoms with Crippen molar-refractivity contribution in [2.45, 2.75) is 77.6 Å². The molecule has 21 heavy (non-hydrogen) atoms. The molecule has 1 atom stereocenters. The predicted octanol–water partition coefficient (Wildman–Crippen LogP) is 3.61. The van der Waals surface area contributed by atoms with E-state index in [2.05, 4.69) is 5.32 Å². The van der Waals surface area contributed by atoms with Gasteiger partial charge in [-0.1, -0.05) is 12.8 Å². The number of amides is 1. The van der Waals surface area contributed by atoms with Gasteiger partial charge in [0, 0.05) is 19.8 Å². The van der Waals surface area contributed by atoms with Crippen LogP contribution in [0.15, 0.2) is 0 Å². The van der Waals surface area contributed by atoms with E-state index in [1.165, 1.54) is 6.42 Å². The van der Waals surface area contributed by atoms with Gasteiger partial charge in [0.2, 0.25) is 0 Å². The molecule has 0 aromatic carbocycles. The van der Waals surface area contributed by atoms with Crippen molar-refractivity contribution in [1.82, 2.24) is 5.32 Å². The SMILES string of the molecule is CC(C)(C)OC(=O)NCCCCCCOC1CCCCO1. The number of unbranched alkanes of at least 4 members (excludes halogenated alkanes) is 3. The molecule has 0 aliphatic carbocycles. The molecular weight excluding hydrogens is 270 g/mol. The maximum Gasteiger partial charge on any atom is 0.407 e. The van der Waals surface area contributed by atoms with Gasteiger partial charge in [-0.25, -0.2) is 4.79 Å². The summed E-state index contributed by atoms with van der Waals surface area (Å²) in [5.74, 6) is 0. The second-order valence-corrected chi connectivity index (χ2v) is 6.51. The van der Waals surface area contributed by atoms with Crippen LogP contribution in [0.1, 0.15) is 65.7 Å². The van der Waals surface area contributed by atoms with Crippen LogP contribution in [0.25, 0.3) is 0 Å². The number of hydrogen-bond acceptors (Lipinski definition) is 4. The summed E-state index contributed by atoms with van der Waals surface area (Å²) in [6, 6.07) is 0. The molecule has 0 bridgehead atoms. The van der Waals surface area contributed by atoms with Crippen molar-refractivity contribution in [3.8, 4) is 0 Å². The van der Waals surface area contributed by atoms with Gasteiger partial charge < -0.3 is 19.5 Å². The molecule has 124 valence electrons. The molecule has 1 saturated heterocycles. The Balaban J connectivity index is 1.85. The quantitative estimate of drug-likeness (QED) is 0.696. The molecule has 5 nitrogen and oxygen atoms in total. The molecule has 1 fully saturated rings. The Morgan fingerprint density at radius 1 is 1.19 bits per heavy atom. The minimum absolute atomic E-state index is 0.0209. The number of ether oxygens (including phenoxy) is 3. The predicted molar refractivity (Wildman–Crippen MR) is 82.2 cm³/mol. The molecule has 5 heteroatoms. The molecule has 1 heterocycles. The molecule has 0 spiro atoms. The lowest BCUT2D eigenvalue weighted by Gasteiger charge is -2.22. The second-order valence-electron chi connectivity index (χ2n) is 6.51. The fraction of sp³-hybridized carbons (Fsp3) is 0.938. The second kappa shape index (κ2) is 10.0. The van der Waals surface area contributed by atoms with Crippen molar-refractivity contribution in [3.63, 3.8) is 0 Å². The van der Waals surface area contributed by atoms with Crippen molar-refractivity contribution >= 4 is 6.09 Å². The molecule has 1 N–H and O–H groups in total. The number of carbonyl (C=O) groups excluding carboxylic acids is 1. The van der Waals surface area contributed by atoms with Crippen LogP contribution in [-0.4, -0.2) is 37.7 Å². The number of alkyl carbamates (subject to hydrolysis) is 1. The van der Waals surface area contributed by atoms with Gasteiger partial charge in [0.15, 0.2) is 6.29 Å². The van der Waals surface area contributed by atoms with Gasteiger partial charge >= 0.3 is 6.09 Å². The summed E-state index contributed by atoms with van der Waals surface area (Å²) in [6.07, 6.45) is 7.30. The van der Waals surface area contributed by atoms with E-state index in [-0.39, 0.29) is 12.4 Å². The molecule has 0 radical (unpaired) electrons. The summed E-state index contributed by atoms with van der Waals surface area (Å²) < 4.78 is 16.3. The van der Waals surface area contributed by atoms with Crippen LogP contribution in [0.4, 0.5) is 4.79 Å². The Hall–Kier alpha value is -0.810. The van der Waals surface area contributed by atoms with Crippen LogP contribution in [0.2, 0.25) is 0 Å². The van der Waals surface area contributed by atoms with Crippen molar-refractivity contribution in [2.75, 3.05) is 19.8 Å². The Labute approximate surface area is 128 Å². The monoisotopic (exact) mass is 301 g/mol. The van der Waals surface area contributed by atoms with E-state index in [1.807, 2.05) is 20.8 Å². The first-order valence-corrected chi connectivity index (χ1v) is 8.17. The van der Waals surface area contributed by atoms with Gasteiger partial charge in [-0.3, -0.25) is 0 Å². The zero-order chi connectivity index (χ0) is 15.6. The summed E-state index contributed by atoms with van der Waals surface area (Å²) in [5, 5.41) is 2.77. The Morgan fingerprint density at radius 2 is 1.95 bits per heavy atom. The average Bonchev–Trinajstić information content (AvgIpc) is 2.41. The zero-order valence-corrected chi connectivity index (χ0v) is 13.8. The van der Waals surface area contributed by atoms with Crippen molar-refractivity contribution in [2.24, 2.45) is 0 Å². The maximum absolute atomic E-state index is 11.4. The maximum atomic E-state index is 11.4. The molecular formula is C16H31NO4. The van der Waals surface area contributed by atoms with Crippen LogP contribution in [0, 0.1) is 0 Å². The highest BCUT2D eigenvalue weighted by atomic mass is 16.7. The van der Waals surface area contributed by atoms with Crippen LogP contribution in [0.5, 0.6) is 0 Å². The first-order valence-electron chi connectivity index (χ1n) is 8.17. The van der Waals surface area contributed by atoms with Gasteiger partial charge in [-0.05, 0) is 52.9 Å². The Kier molecular flexibility index (Phi) is 8.69. The highest BCUT2D eigenvalue weighted by molar-refractivity contribution is 5.67. The molecule has 0 aromatic heterocycles. The first kappa shape index (κ1) is 18.2. The third-order valence-electron chi connectivity index (χ3n) is 3.18. The van der Waals surface area contributed by atoms with Crippen molar-refractivity contribution in [1.29, 1.82) is 0 Å². The number of hydrogen-bond donors (Lipinski definition) is 1. The largest absolute Gasteiger partial charge is 0.444 e. The third kappa shape index (κ3) is 10.5. The fourth-order valence-electron chi connectivity index (χ4n) is 2.14. The third-order valence-corrected chi connectivity index (χ3v) is 3.18. The molecule has 0 aromatic rings. The lowest BCUT2D eigenvalue weighted by atomic mass is 10.2. The molecule has 1 amide bonds. The van der Waals surface area contributed by atoms with E-state index in [0.29, 0.717) is 6.54 Å². The smallest absolute Gasteiger partial charge is 0.407 e. The molecule has 1 rings (SSSR count). The van der Waals surface area contributed by atoms with Crippen molar-refractivity contribution in [3.05, 3.63) is 0 Å². The summed E-state index contributed by atoms with van der Waals surface area (Å²) >= 11 is 0. The highest BCUT2D eigenvalue weighted by Crippen LogP contribution is 2.14. The molecule has 0 saturated carbocycles. The number of carbonyl (C=O) groups is 1. The van der Waals surface area contributed by atoms with Gasteiger partial charge in [-0.2, -0.15) is 0 Å². The normalized spacial score (nSPS) is 19.3.